The molecule has 1 N–H and O–H groups in total. The quantitative estimate of drug-likeness (QED) is 0.647. The Hall–Kier alpha value is -1.27. The van der Waals surface area contributed by atoms with Gasteiger partial charge in [0.05, 0.1) is 16.9 Å². The highest BCUT2D eigenvalue weighted by Crippen LogP contribution is 2.18. The maximum atomic E-state index is 11.4. The van der Waals surface area contributed by atoms with Gasteiger partial charge in [-0.25, -0.2) is 9.78 Å². The normalized spacial score (nSPS) is 10.5. The molecule has 0 spiro atoms. The van der Waals surface area contributed by atoms with Crippen LogP contribution in [0.5, 0.6) is 0 Å². The standard InChI is InChI=1S/C9H8N2O2S2/c1-2-13-8(12)5-3-6-7(10-4-5)11-9(14)15-6/h3-4H,2H2,1H3,(H,10,11,14). The van der Waals surface area contributed by atoms with Crippen molar-refractivity contribution in [3.63, 3.8) is 0 Å². The molecule has 2 aromatic heterocycles. The van der Waals surface area contributed by atoms with Crippen molar-refractivity contribution in [3.8, 4) is 0 Å². The van der Waals surface area contributed by atoms with Crippen LogP contribution >= 0.6 is 23.6 Å². The lowest BCUT2D eigenvalue weighted by Gasteiger charge is -1.99. The smallest absolute Gasteiger partial charge is 0.339 e. The molecule has 2 heterocycles. The van der Waals surface area contributed by atoms with Gasteiger partial charge >= 0.3 is 5.97 Å². The number of carbonyl (C=O) groups excluding carboxylic acids is 1. The summed E-state index contributed by atoms with van der Waals surface area (Å²) in [4.78, 5) is 18.4. The number of nitrogens with zero attached hydrogens (tertiary/aromatic N) is 1. The fourth-order valence-electron chi connectivity index (χ4n) is 1.16. The maximum Gasteiger partial charge on any atom is 0.339 e. The predicted octanol–water partition coefficient (Wildman–Crippen LogP) is 2.53. The van der Waals surface area contributed by atoms with E-state index in [1.165, 1.54) is 17.5 Å². The number of ether oxygens (including phenoxy) is 1. The lowest BCUT2D eigenvalue weighted by molar-refractivity contribution is 0.0526. The van der Waals surface area contributed by atoms with Gasteiger partial charge in [0.25, 0.3) is 0 Å². The first-order valence-electron chi connectivity index (χ1n) is 4.36. The third-order valence-electron chi connectivity index (χ3n) is 1.79. The minimum absolute atomic E-state index is 0.355. The van der Waals surface area contributed by atoms with Gasteiger partial charge in [-0.15, -0.1) is 11.3 Å². The van der Waals surface area contributed by atoms with Crippen molar-refractivity contribution in [2.75, 3.05) is 6.61 Å². The fraction of sp³-hybridized carbons (Fsp3) is 0.222. The molecule has 0 saturated carbocycles. The Morgan fingerprint density at radius 2 is 2.53 bits per heavy atom. The van der Waals surface area contributed by atoms with E-state index >= 15 is 0 Å². The van der Waals surface area contributed by atoms with Crippen LogP contribution in [0.4, 0.5) is 0 Å². The van der Waals surface area contributed by atoms with E-state index in [2.05, 4.69) is 9.97 Å². The third kappa shape index (κ3) is 2.05. The molecule has 6 heteroatoms. The number of H-pyrrole nitrogens is 1. The van der Waals surface area contributed by atoms with Crippen molar-refractivity contribution in [2.24, 2.45) is 0 Å². The van der Waals surface area contributed by atoms with E-state index < -0.39 is 0 Å². The summed E-state index contributed by atoms with van der Waals surface area (Å²) in [6.45, 7) is 2.13. The minimum atomic E-state index is -0.355. The van der Waals surface area contributed by atoms with Crippen LogP contribution in [-0.2, 0) is 4.74 Å². The van der Waals surface area contributed by atoms with E-state index in [9.17, 15) is 4.79 Å². The number of fused-ring (bicyclic) bond motifs is 1. The molecule has 2 aromatic rings. The van der Waals surface area contributed by atoms with E-state index in [4.69, 9.17) is 17.0 Å². The van der Waals surface area contributed by atoms with Crippen LogP contribution < -0.4 is 0 Å². The summed E-state index contributed by atoms with van der Waals surface area (Å²) < 4.78 is 6.39. The molecule has 4 nitrogen and oxygen atoms in total. The number of rotatable bonds is 2. The molecular formula is C9H8N2O2S2. The number of hydrogen-bond acceptors (Lipinski definition) is 5. The van der Waals surface area contributed by atoms with E-state index in [-0.39, 0.29) is 5.97 Å². The van der Waals surface area contributed by atoms with Crippen LogP contribution in [0.15, 0.2) is 12.3 Å². The largest absolute Gasteiger partial charge is 0.462 e. The summed E-state index contributed by atoms with van der Waals surface area (Å²) in [5, 5.41) is 0. The van der Waals surface area contributed by atoms with Crippen molar-refractivity contribution in [3.05, 3.63) is 21.8 Å². The number of hydrogen-bond donors (Lipinski definition) is 1. The molecule has 0 bridgehead atoms. The zero-order chi connectivity index (χ0) is 10.8. The highest BCUT2D eigenvalue weighted by atomic mass is 32.1. The first-order valence-corrected chi connectivity index (χ1v) is 5.59. The van der Waals surface area contributed by atoms with Crippen molar-refractivity contribution in [1.82, 2.24) is 9.97 Å². The fourth-order valence-corrected chi connectivity index (χ4v) is 2.26. The number of nitrogens with one attached hydrogen (secondary N) is 1. The van der Waals surface area contributed by atoms with Crippen molar-refractivity contribution < 1.29 is 9.53 Å². The molecule has 2 rings (SSSR count). The monoisotopic (exact) mass is 240 g/mol. The highest BCUT2D eigenvalue weighted by Gasteiger charge is 2.08. The molecule has 0 aromatic carbocycles. The molecular weight excluding hydrogens is 232 g/mol. The maximum absolute atomic E-state index is 11.4. The van der Waals surface area contributed by atoms with Gasteiger partial charge < -0.3 is 9.72 Å². The van der Waals surface area contributed by atoms with Gasteiger partial charge in [0.15, 0.2) is 3.95 Å². The molecule has 15 heavy (non-hydrogen) atoms. The van der Waals surface area contributed by atoms with Crippen molar-refractivity contribution in [2.45, 2.75) is 6.92 Å². The van der Waals surface area contributed by atoms with Gasteiger partial charge in [-0.05, 0) is 25.2 Å². The second-order valence-electron chi connectivity index (χ2n) is 2.81. The van der Waals surface area contributed by atoms with E-state index in [1.807, 2.05) is 0 Å². The number of carbonyl (C=O) groups is 1. The number of pyridine rings is 1. The van der Waals surface area contributed by atoms with Gasteiger partial charge in [0.1, 0.15) is 5.65 Å². The number of esters is 1. The van der Waals surface area contributed by atoms with E-state index in [0.29, 0.717) is 21.8 Å². The summed E-state index contributed by atoms with van der Waals surface area (Å²) in [7, 11) is 0. The van der Waals surface area contributed by atoms with Crippen LogP contribution in [0, 0.1) is 3.95 Å². The molecule has 0 aliphatic carbocycles. The Morgan fingerprint density at radius 1 is 1.73 bits per heavy atom. The average molecular weight is 240 g/mol. The summed E-state index contributed by atoms with van der Waals surface area (Å²) in [5.41, 5.74) is 1.16. The van der Waals surface area contributed by atoms with Crippen LogP contribution in [0.1, 0.15) is 17.3 Å². The molecule has 0 unspecified atom stereocenters. The second kappa shape index (κ2) is 4.08. The first-order chi connectivity index (χ1) is 7.20. The third-order valence-corrected chi connectivity index (χ3v) is 2.96. The Balaban J connectivity index is 2.46. The van der Waals surface area contributed by atoms with Gasteiger partial charge in [-0.2, -0.15) is 0 Å². The SMILES string of the molecule is CCOC(=O)c1cnc2[nH]c(=S)sc2c1. The molecule has 0 aliphatic heterocycles. The first kappa shape index (κ1) is 10.3. The second-order valence-corrected chi connectivity index (χ2v) is 4.52. The topological polar surface area (TPSA) is 55.0 Å². The number of aromatic nitrogens is 2. The predicted molar refractivity (Wildman–Crippen MR) is 60.8 cm³/mol. The Labute approximate surface area is 94.9 Å². The van der Waals surface area contributed by atoms with Gasteiger partial charge in [0.2, 0.25) is 0 Å². The summed E-state index contributed by atoms with van der Waals surface area (Å²) in [6.07, 6.45) is 1.48. The van der Waals surface area contributed by atoms with Crippen molar-refractivity contribution in [1.29, 1.82) is 0 Å². The molecule has 0 aliphatic rings. The molecule has 0 atom stereocenters. The van der Waals surface area contributed by atoms with Crippen LogP contribution in [0.3, 0.4) is 0 Å². The Kier molecular flexibility index (Phi) is 2.79. The minimum Gasteiger partial charge on any atom is -0.462 e. The molecule has 0 radical (unpaired) electrons. The zero-order valence-corrected chi connectivity index (χ0v) is 9.58. The number of thiazole rings is 1. The lowest BCUT2D eigenvalue weighted by Crippen LogP contribution is -2.04. The van der Waals surface area contributed by atoms with E-state index in [1.54, 1.807) is 13.0 Å². The zero-order valence-electron chi connectivity index (χ0n) is 7.94. The Morgan fingerprint density at radius 3 is 3.27 bits per heavy atom. The number of aromatic amines is 1. The van der Waals surface area contributed by atoms with Crippen LogP contribution in [-0.4, -0.2) is 22.5 Å². The van der Waals surface area contributed by atoms with Gasteiger partial charge in [-0.3, -0.25) is 0 Å². The van der Waals surface area contributed by atoms with Gasteiger partial charge in [-0.1, -0.05) is 0 Å². The average Bonchev–Trinajstić information content (AvgIpc) is 2.57. The van der Waals surface area contributed by atoms with Gasteiger partial charge in [0, 0.05) is 6.20 Å². The van der Waals surface area contributed by atoms with Crippen LogP contribution in [0.2, 0.25) is 0 Å². The van der Waals surface area contributed by atoms with E-state index in [0.717, 1.165) is 4.70 Å². The molecule has 0 saturated heterocycles. The summed E-state index contributed by atoms with van der Waals surface area (Å²) in [6, 6.07) is 1.73. The highest BCUT2D eigenvalue weighted by molar-refractivity contribution is 7.73. The molecule has 0 amide bonds. The Bertz CT molecular complexity index is 558. The lowest BCUT2D eigenvalue weighted by atomic mass is 10.3. The summed E-state index contributed by atoms with van der Waals surface area (Å²) in [5.74, 6) is -0.355. The summed E-state index contributed by atoms with van der Waals surface area (Å²) >= 11 is 6.37. The molecule has 0 fully saturated rings. The van der Waals surface area contributed by atoms with Crippen LogP contribution in [0.25, 0.3) is 10.3 Å². The molecule has 78 valence electrons. The van der Waals surface area contributed by atoms with Crippen molar-refractivity contribution >= 4 is 39.9 Å².